The van der Waals surface area contributed by atoms with E-state index in [4.69, 9.17) is 0 Å². The lowest BCUT2D eigenvalue weighted by Crippen LogP contribution is -2.32. The summed E-state index contributed by atoms with van der Waals surface area (Å²) in [5, 5.41) is 9.24. The third-order valence-corrected chi connectivity index (χ3v) is 4.90. The minimum absolute atomic E-state index is 0.122. The van der Waals surface area contributed by atoms with Crippen LogP contribution in [0.15, 0.2) is 36.4 Å². The van der Waals surface area contributed by atoms with Gasteiger partial charge in [0.1, 0.15) is 5.82 Å². The van der Waals surface area contributed by atoms with E-state index in [9.17, 15) is 18.7 Å². The van der Waals surface area contributed by atoms with Gasteiger partial charge in [-0.2, -0.15) is 0 Å². The molecule has 1 saturated heterocycles. The zero-order chi connectivity index (χ0) is 18.4. The van der Waals surface area contributed by atoms with Gasteiger partial charge in [0.05, 0.1) is 17.1 Å². The number of rotatable bonds is 2. The van der Waals surface area contributed by atoms with Crippen molar-refractivity contribution in [3.05, 3.63) is 59.4 Å². The molecule has 2 heterocycles. The van der Waals surface area contributed by atoms with E-state index in [0.717, 1.165) is 41.8 Å². The van der Waals surface area contributed by atoms with Gasteiger partial charge in [-0.1, -0.05) is 12.1 Å². The number of aromatic nitrogens is 2. The smallest absolute Gasteiger partial charge is 0.254 e. The monoisotopic (exact) mass is 357 g/mol. The molecule has 1 aromatic heterocycles. The number of aryl methyl sites for hydroxylation is 1. The van der Waals surface area contributed by atoms with Crippen LogP contribution in [0.25, 0.3) is 11.0 Å². The molecule has 1 amide bonds. The number of carbonyl (C=O) groups is 1. The highest BCUT2D eigenvalue weighted by atomic mass is 19.1. The molecule has 7 heteroatoms. The second kappa shape index (κ2) is 6.09. The number of nitrogens with zero attached hydrogens (tertiary/aromatic N) is 3. The van der Waals surface area contributed by atoms with Crippen LogP contribution in [0.2, 0.25) is 0 Å². The molecule has 1 N–H and O–H groups in total. The van der Waals surface area contributed by atoms with Crippen LogP contribution in [0.4, 0.5) is 8.78 Å². The van der Waals surface area contributed by atoms with Gasteiger partial charge in [0.25, 0.3) is 5.91 Å². The second-order valence-electron chi connectivity index (χ2n) is 6.46. The summed E-state index contributed by atoms with van der Waals surface area (Å²) in [5.41, 5.74) is 1.68. The van der Waals surface area contributed by atoms with E-state index in [-0.39, 0.29) is 11.6 Å². The van der Waals surface area contributed by atoms with E-state index in [1.165, 1.54) is 0 Å². The molecule has 4 rings (SSSR count). The van der Waals surface area contributed by atoms with Gasteiger partial charge in [-0.3, -0.25) is 4.79 Å². The number of para-hydroxylation sites is 2. The standard InChI is InChI=1S/C19H17F2N3O2/c1-23-15-6-3-2-5-14(15)22-18(23)16-7-4-8-24(16)19(26)11-9-12(20)17(25)13(21)10-11/h2-3,5-6,9-10,16,25H,4,7-8H2,1H3. The molecule has 1 fully saturated rings. The summed E-state index contributed by atoms with van der Waals surface area (Å²) in [6, 6.07) is 9.16. The number of aromatic hydroxyl groups is 1. The zero-order valence-corrected chi connectivity index (χ0v) is 14.1. The number of halogens is 2. The van der Waals surface area contributed by atoms with Crippen LogP contribution in [0.1, 0.15) is 35.1 Å². The van der Waals surface area contributed by atoms with Gasteiger partial charge >= 0.3 is 0 Å². The fraction of sp³-hybridized carbons (Fsp3) is 0.263. The third-order valence-electron chi connectivity index (χ3n) is 4.90. The Balaban J connectivity index is 1.72. The van der Waals surface area contributed by atoms with Gasteiger partial charge in [0.15, 0.2) is 17.4 Å². The first kappa shape index (κ1) is 16.5. The average Bonchev–Trinajstić information content (AvgIpc) is 3.23. The molecule has 0 aliphatic carbocycles. The van der Waals surface area contributed by atoms with Crippen LogP contribution >= 0.6 is 0 Å². The summed E-state index contributed by atoms with van der Waals surface area (Å²) in [5.74, 6) is -3.09. The molecular weight excluding hydrogens is 340 g/mol. The predicted octanol–water partition coefficient (Wildman–Crippen LogP) is 3.53. The largest absolute Gasteiger partial charge is 0.503 e. The molecule has 2 aromatic carbocycles. The molecule has 0 radical (unpaired) electrons. The molecule has 5 nitrogen and oxygen atoms in total. The minimum atomic E-state index is -1.15. The Labute approximate surface area is 148 Å². The Hall–Kier alpha value is -2.96. The molecule has 134 valence electrons. The number of hydrogen-bond donors (Lipinski definition) is 1. The SMILES string of the molecule is Cn1c(C2CCCN2C(=O)c2cc(F)c(O)c(F)c2)nc2ccccc21. The van der Waals surface area contributed by atoms with Crippen molar-refractivity contribution in [1.29, 1.82) is 0 Å². The van der Waals surface area contributed by atoms with Gasteiger partial charge in [-0.05, 0) is 37.1 Å². The van der Waals surface area contributed by atoms with Crippen LogP contribution in [-0.4, -0.2) is 32.0 Å². The third kappa shape index (κ3) is 2.51. The van der Waals surface area contributed by atoms with Crippen LogP contribution < -0.4 is 0 Å². The van der Waals surface area contributed by atoms with Crippen molar-refractivity contribution < 1.29 is 18.7 Å². The van der Waals surface area contributed by atoms with Gasteiger partial charge < -0.3 is 14.6 Å². The van der Waals surface area contributed by atoms with Crippen molar-refractivity contribution in [2.75, 3.05) is 6.54 Å². The first-order valence-corrected chi connectivity index (χ1v) is 8.37. The van der Waals surface area contributed by atoms with Gasteiger partial charge in [0.2, 0.25) is 0 Å². The van der Waals surface area contributed by atoms with Crippen LogP contribution in [-0.2, 0) is 7.05 Å². The van der Waals surface area contributed by atoms with Crippen LogP contribution in [0, 0.1) is 11.6 Å². The summed E-state index contributed by atoms with van der Waals surface area (Å²) >= 11 is 0. The Morgan fingerprint density at radius 1 is 1.23 bits per heavy atom. The Kier molecular flexibility index (Phi) is 3.86. The highest BCUT2D eigenvalue weighted by Gasteiger charge is 2.34. The number of hydrogen-bond acceptors (Lipinski definition) is 3. The minimum Gasteiger partial charge on any atom is -0.503 e. The summed E-state index contributed by atoms with van der Waals surface area (Å²) in [6.45, 7) is 0.483. The van der Waals surface area contributed by atoms with Crippen molar-refractivity contribution in [3.8, 4) is 5.75 Å². The number of amides is 1. The number of likely N-dealkylation sites (tertiary alicyclic amines) is 1. The van der Waals surface area contributed by atoms with Crippen molar-refractivity contribution >= 4 is 16.9 Å². The van der Waals surface area contributed by atoms with Crippen molar-refractivity contribution in [3.63, 3.8) is 0 Å². The second-order valence-corrected chi connectivity index (χ2v) is 6.46. The maximum Gasteiger partial charge on any atom is 0.254 e. The van der Waals surface area contributed by atoms with E-state index in [1.807, 2.05) is 35.9 Å². The fourth-order valence-electron chi connectivity index (χ4n) is 3.60. The maximum atomic E-state index is 13.6. The lowest BCUT2D eigenvalue weighted by molar-refractivity contribution is 0.0727. The molecule has 0 spiro atoms. The normalized spacial score (nSPS) is 17.2. The van der Waals surface area contributed by atoms with Crippen molar-refractivity contribution in [2.24, 2.45) is 7.05 Å². The first-order chi connectivity index (χ1) is 12.5. The van der Waals surface area contributed by atoms with Crippen molar-refractivity contribution in [1.82, 2.24) is 14.5 Å². The number of benzene rings is 2. The van der Waals surface area contributed by atoms with E-state index < -0.39 is 23.3 Å². The topological polar surface area (TPSA) is 58.4 Å². The van der Waals surface area contributed by atoms with E-state index in [0.29, 0.717) is 6.54 Å². The van der Waals surface area contributed by atoms with Gasteiger partial charge in [-0.15, -0.1) is 0 Å². The van der Waals surface area contributed by atoms with E-state index in [1.54, 1.807) is 4.90 Å². The number of imidazole rings is 1. The highest BCUT2D eigenvalue weighted by Crippen LogP contribution is 2.34. The average molecular weight is 357 g/mol. The summed E-state index contributed by atoms with van der Waals surface area (Å²) in [4.78, 5) is 19.1. The first-order valence-electron chi connectivity index (χ1n) is 8.37. The van der Waals surface area contributed by atoms with Crippen LogP contribution in [0.5, 0.6) is 5.75 Å². The van der Waals surface area contributed by atoms with Gasteiger partial charge in [-0.25, -0.2) is 13.8 Å². The summed E-state index contributed by atoms with van der Waals surface area (Å²) < 4.78 is 29.2. The van der Waals surface area contributed by atoms with Crippen molar-refractivity contribution in [2.45, 2.75) is 18.9 Å². The number of fused-ring (bicyclic) bond motifs is 1. The molecule has 26 heavy (non-hydrogen) atoms. The lowest BCUT2D eigenvalue weighted by atomic mass is 10.1. The fourth-order valence-corrected chi connectivity index (χ4v) is 3.60. The molecule has 1 aliphatic heterocycles. The Morgan fingerprint density at radius 2 is 1.92 bits per heavy atom. The van der Waals surface area contributed by atoms with Crippen LogP contribution in [0.3, 0.4) is 0 Å². The lowest BCUT2D eigenvalue weighted by Gasteiger charge is -2.24. The molecule has 1 aliphatic rings. The Bertz CT molecular complexity index is 992. The number of phenols is 1. The maximum absolute atomic E-state index is 13.6. The number of phenolic OH excluding ortho intramolecular Hbond substituents is 1. The molecule has 1 unspecified atom stereocenters. The van der Waals surface area contributed by atoms with Gasteiger partial charge in [0, 0.05) is 19.2 Å². The molecule has 3 aromatic rings. The summed E-state index contributed by atoms with van der Waals surface area (Å²) in [6.07, 6.45) is 1.51. The molecule has 0 bridgehead atoms. The Morgan fingerprint density at radius 3 is 2.62 bits per heavy atom. The highest BCUT2D eigenvalue weighted by molar-refractivity contribution is 5.95. The predicted molar refractivity (Wildman–Crippen MR) is 91.7 cm³/mol. The van der Waals surface area contributed by atoms with E-state index >= 15 is 0 Å². The molecule has 1 atom stereocenters. The zero-order valence-electron chi connectivity index (χ0n) is 14.1. The molecular formula is C19H17F2N3O2. The quantitative estimate of drug-likeness (QED) is 0.763. The molecule has 0 saturated carbocycles. The number of carbonyl (C=O) groups excluding carboxylic acids is 1. The summed E-state index contributed by atoms with van der Waals surface area (Å²) in [7, 11) is 1.89. The van der Waals surface area contributed by atoms with E-state index in [2.05, 4.69) is 4.98 Å².